The molecule has 1 aromatic heterocycles. The molecule has 7 rings (SSSR count). The number of fused-ring (bicyclic) bond motifs is 3. The van der Waals surface area contributed by atoms with Crippen molar-refractivity contribution in [2.45, 2.75) is 121 Å². The number of cyclic esters (lactones) is 1. The van der Waals surface area contributed by atoms with Gasteiger partial charge in [0.05, 0.1) is 31.0 Å². The van der Waals surface area contributed by atoms with E-state index in [1.807, 2.05) is 0 Å². The highest BCUT2D eigenvalue weighted by atomic mass is 16.7. The average Bonchev–Trinajstić information content (AvgIpc) is 3.78. The molecule has 18 heteroatoms. The minimum Gasteiger partial charge on any atom is -0.472 e. The van der Waals surface area contributed by atoms with Crippen molar-refractivity contribution in [2.24, 2.45) is 28.1 Å². The Morgan fingerprint density at radius 1 is 0.930 bits per heavy atom. The van der Waals surface area contributed by atoms with Crippen LogP contribution in [0.5, 0.6) is 0 Å². The van der Waals surface area contributed by atoms with Crippen molar-refractivity contribution in [3.8, 4) is 0 Å². The third kappa shape index (κ3) is 4.53. The SMILES string of the molecule is COC(=O)[C@@H](O)[C@H]1[C@]2(C)C[C@]3(O)[C@@](OC(=O)C(C)C)([C@H]4OCO[C@@]5([C@H](OC(C)=O)[C@H](OC(C)=O)[C@]6(C)C(=CC(=O)O[C@H]6c6ccoc6)[C@@]45OC)[C@]13C)[C@H]2OC(C)=O. The maximum absolute atomic E-state index is 14.2. The summed E-state index contributed by atoms with van der Waals surface area (Å²) >= 11 is 0. The number of carbonyl (C=O) groups excluding carboxylic acids is 6. The van der Waals surface area contributed by atoms with Crippen molar-refractivity contribution in [3.63, 3.8) is 0 Å². The lowest BCUT2D eigenvalue weighted by Gasteiger charge is -2.80. The summed E-state index contributed by atoms with van der Waals surface area (Å²) in [4.78, 5) is 81.9. The van der Waals surface area contributed by atoms with Gasteiger partial charge in [0.2, 0.25) is 5.60 Å². The molecular formula is C39H48O18. The summed E-state index contributed by atoms with van der Waals surface area (Å²) in [6.07, 6.45) is -7.33. The highest BCUT2D eigenvalue weighted by Gasteiger charge is 3.02. The number of hydrogen-bond donors (Lipinski definition) is 2. The van der Waals surface area contributed by atoms with Gasteiger partial charge < -0.3 is 57.3 Å². The molecule has 6 aliphatic rings. The summed E-state index contributed by atoms with van der Waals surface area (Å²) in [5, 5.41) is 26.2. The molecule has 1 aromatic rings. The molecule has 0 aromatic carbocycles. The van der Waals surface area contributed by atoms with Crippen LogP contribution in [0.3, 0.4) is 0 Å². The Morgan fingerprint density at radius 3 is 2.11 bits per heavy atom. The monoisotopic (exact) mass is 804 g/mol. The second kappa shape index (κ2) is 12.8. The maximum atomic E-state index is 14.2. The van der Waals surface area contributed by atoms with Crippen molar-refractivity contribution in [1.29, 1.82) is 0 Å². The van der Waals surface area contributed by atoms with E-state index in [2.05, 4.69) is 0 Å². The number of aliphatic hydroxyl groups excluding tert-OH is 1. The zero-order valence-electron chi connectivity index (χ0n) is 33.3. The molecule has 14 atom stereocenters. The van der Waals surface area contributed by atoms with Gasteiger partial charge in [0, 0.05) is 56.3 Å². The molecule has 0 spiro atoms. The predicted octanol–water partition coefficient (Wildman–Crippen LogP) is 1.38. The number of hydrogen-bond acceptors (Lipinski definition) is 18. The van der Waals surface area contributed by atoms with Crippen LogP contribution >= 0.6 is 0 Å². The van der Waals surface area contributed by atoms with Gasteiger partial charge in [0.25, 0.3) is 0 Å². The minimum absolute atomic E-state index is 0.0593. The third-order valence-corrected chi connectivity index (χ3v) is 13.9. The fourth-order valence-corrected chi connectivity index (χ4v) is 12.4. The van der Waals surface area contributed by atoms with Gasteiger partial charge in [0.15, 0.2) is 35.6 Å². The molecule has 312 valence electrons. The summed E-state index contributed by atoms with van der Waals surface area (Å²) in [5.41, 5.74) is -15.5. The Hall–Kier alpha value is -4.36. The van der Waals surface area contributed by atoms with Gasteiger partial charge in [-0.2, -0.15) is 0 Å². The first-order valence-corrected chi connectivity index (χ1v) is 18.6. The van der Waals surface area contributed by atoms with E-state index in [-0.39, 0.29) is 11.1 Å². The van der Waals surface area contributed by atoms with Crippen LogP contribution in [0.25, 0.3) is 0 Å². The molecule has 57 heavy (non-hydrogen) atoms. The standard InChI is InChI=1S/C39H48O18/c1-17(2)29(45)57-38-31(55-20(5)42)33(6)15-36(38,47)35(8,25(33)24(44)30(46)48-9)39-28(54-19(4)41)27(53-18(3)40)34(7)22(37(39,49-10)32(38)51-16-52-39)13-23(43)56-26(34)21-11-12-50-14-21/h11-14,17,24-28,31-32,44,47H,15-16H2,1-10H3/t24-,25-,26-,27-,28+,31-,32-,33-,34+,35+,36+,37+,38-,39-/m0/s1. The fraction of sp³-hybridized carbons (Fsp3) is 0.692. The summed E-state index contributed by atoms with van der Waals surface area (Å²) in [6.45, 7) is 10.2. The molecule has 0 amide bonds. The van der Waals surface area contributed by atoms with Gasteiger partial charge in [0.1, 0.15) is 24.6 Å². The molecule has 3 heterocycles. The van der Waals surface area contributed by atoms with Crippen LogP contribution in [-0.4, -0.2) is 120 Å². The number of furan rings is 1. The molecule has 4 aliphatic carbocycles. The minimum atomic E-state index is -2.56. The Bertz CT molecular complexity index is 1940. The topological polar surface area (TPSA) is 239 Å². The van der Waals surface area contributed by atoms with Gasteiger partial charge in [-0.1, -0.05) is 27.7 Å². The van der Waals surface area contributed by atoms with Crippen LogP contribution in [0.2, 0.25) is 0 Å². The Balaban J connectivity index is 1.72. The second-order valence-corrected chi connectivity index (χ2v) is 16.8. The highest BCUT2D eigenvalue weighted by molar-refractivity contribution is 5.86. The van der Waals surface area contributed by atoms with Crippen LogP contribution in [0.15, 0.2) is 34.7 Å². The Kier molecular flexibility index (Phi) is 9.18. The quantitative estimate of drug-likeness (QED) is 0.265. The molecule has 4 bridgehead atoms. The van der Waals surface area contributed by atoms with Gasteiger partial charge in [-0.15, -0.1) is 0 Å². The third-order valence-electron chi connectivity index (χ3n) is 13.9. The molecule has 0 radical (unpaired) electrons. The Labute approximate surface area is 327 Å². The second-order valence-electron chi connectivity index (χ2n) is 16.8. The number of methoxy groups -OCH3 is 2. The number of rotatable bonds is 9. The molecule has 5 fully saturated rings. The van der Waals surface area contributed by atoms with Gasteiger partial charge >= 0.3 is 35.8 Å². The summed E-state index contributed by atoms with van der Waals surface area (Å²) in [6, 6.07) is 1.51. The number of esters is 6. The first-order valence-electron chi connectivity index (χ1n) is 18.6. The highest BCUT2D eigenvalue weighted by Crippen LogP contribution is 2.86. The molecule has 1 saturated heterocycles. The summed E-state index contributed by atoms with van der Waals surface area (Å²) < 4.78 is 61.6. The number of carbonyl (C=O) groups is 6. The molecule has 0 unspecified atom stereocenters. The van der Waals surface area contributed by atoms with E-state index < -0.39 is 136 Å². The van der Waals surface area contributed by atoms with Gasteiger partial charge in [-0.25, -0.2) is 9.59 Å². The normalized spacial score (nSPS) is 44.1. The van der Waals surface area contributed by atoms with Crippen LogP contribution in [0, 0.1) is 28.1 Å². The van der Waals surface area contributed by atoms with Gasteiger partial charge in [-0.05, 0) is 25.0 Å². The van der Waals surface area contributed by atoms with E-state index in [0.29, 0.717) is 0 Å². The number of aliphatic hydroxyl groups is 2. The van der Waals surface area contributed by atoms with E-state index in [0.717, 1.165) is 34.0 Å². The lowest BCUT2D eigenvalue weighted by Crippen LogP contribution is -2.99. The van der Waals surface area contributed by atoms with E-state index in [1.54, 1.807) is 20.8 Å². The first-order chi connectivity index (χ1) is 26.6. The fourth-order valence-electron chi connectivity index (χ4n) is 12.4. The van der Waals surface area contributed by atoms with E-state index >= 15 is 0 Å². The smallest absolute Gasteiger partial charge is 0.335 e. The molecule has 18 nitrogen and oxygen atoms in total. The zero-order chi connectivity index (χ0) is 42.1. The molecule has 2 aliphatic heterocycles. The van der Waals surface area contributed by atoms with E-state index in [9.17, 15) is 39.0 Å². The molecule has 4 saturated carbocycles. The van der Waals surface area contributed by atoms with Crippen molar-refractivity contribution in [3.05, 3.63) is 35.8 Å². The van der Waals surface area contributed by atoms with Crippen LogP contribution in [0.1, 0.15) is 73.5 Å². The van der Waals surface area contributed by atoms with Crippen LogP contribution in [-0.2, 0) is 71.4 Å². The first kappa shape index (κ1) is 40.8. The van der Waals surface area contributed by atoms with Crippen molar-refractivity contribution >= 4 is 35.8 Å². The lowest BCUT2D eigenvalue weighted by molar-refractivity contribution is -0.489. The average molecular weight is 805 g/mol. The van der Waals surface area contributed by atoms with E-state index in [1.165, 1.54) is 39.5 Å². The summed E-state index contributed by atoms with van der Waals surface area (Å²) in [5.74, 6) is -8.12. The lowest BCUT2D eigenvalue weighted by atomic mass is 9.33. The van der Waals surface area contributed by atoms with Crippen molar-refractivity contribution < 1.29 is 86.0 Å². The van der Waals surface area contributed by atoms with Crippen molar-refractivity contribution in [1.82, 2.24) is 0 Å². The molecule has 2 N–H and O–H groups in total. The predicted molar refractivity (Wildman–Crippen MR) is 185 cm³/mol. The number of ether oxygens (including phenoxy) is 9. The largest absolute Gasteiger partial charge is 0.472 e. The molecular weight excluding hydrogens is 756 g/mol. The van der Waals surface area contributed by atoms with Gasteiger partial charge in [-0.3, -0.25) is 19.2 Å². The maximum Gasteiger partial charge on any atom is 0.335 e. The van der Waals surface area contributed by atoms with Crippen molar-refractivity contribution in [2.75, 3.05) is 21.0 Å². The zero-order valence-corrected chi connectivity index (χ0v) is 33.3. The van der Waals surface area contributed by atoms with Crippen LogP contribution in [0.4, 0.5) is 0 Å². The van der Waals surface area contributed by atoms with Crippen LogP contribution < -0.4 is 0 Å². The summed E-state index contributed by atoms with van der Waals surface area (Å²) in [7, 11) is 2.25. The Morgan fingerprint density at radius 2 is 1.56 bits per heavy atom. The van der Waals surface area contributed by atoms with E-state index in [4.69, 9.17) is 47.0 Å².